The second-order valence-corrected chi connectivity index (χ2v) is 4.77. The lowest BCUT2D eigenvalue weighted by Gasteiger charge is -2.20. The molecule has 0 unspecified atom stereocenters. The van der Waals surface area contributed by atoms with Crippen molar-refractivity contribution in [3.05, 3.63) is 23.3 Å². The van der Waals surface area contributed by atoms with Gasteiger partial charge in [-0.2, -0.15) is 0 Å². The summed E-state index contributed by atoms with van der Waals surface area (Å²) in [6.07, 6.45) is 0. The molecule has 1 aromatic carbocycles. The summed E-state index contributed by atoms with van der Waals surface area (Å²) >= 11 is 0. The predicted octanol–water partition coefficient (Wildman–Crippen LogP) is 1.89. The number of anilines is 1. The number of aliphatic hydroxyl groups is 2. The fraction of sp³-hybridized carbons (Fsp3) is 0.571. The summed E-state index contributed by atoms with van der Waals surface area (Å²) in [5.41, 5.74) is 3.07. The van der Waals surface area contributed by atoms with Gasteiger partial charge in [0.1, 0.15) is 5.75 Å². The minimum Gasteiger partial charge on any atom is -0.496 e. The Labute approximate surface area is 109 Å². The van der Waals surface area contributed by atoms with Gasteiger partial charge in [0, 0.05) is 5.69 Å². The number of ether oxygens (including phenoxy) is 1. The lowest BCUT2D eigenvalue weighted by Crippen LogP contribution is -2.28. The largest absolute Gasteiger partial charge is 0.496 e. The van der Waals surface area contributed by atoms with Crippen molar-refractivity contribution in [2.45, 2.75) is 32.7 Å². The van der Waals surface area contributed by atoms with Crippen LogP contribution in [0.2, 0.25) is 0 Å². The van der Waals surface area contributed by atoms with Crippen molar-refractivity contribution in [2.75, 3.05) is 25.6 Å². The Morgan fingerprint density at radius 3 is 2.28 bits per heavy atom. The summed E-state index contributed by atoms with van der Waals surface area (Å²) in [7, 11) is 1.66. The number of hydrogen-bond donors (Lipinski definition) is 3. The van der Waals surface area contributed by atoms with Crippen molar-refractivity contribution < 1.29 is 14.9 Å². The Hall–Kier alpha value is -1.26. The maximum atomic E-state index is 9.11. The van der Waals surface area contributed by atoms with Gasteiger partial charge in [-0.3, -0.25) is 0 Å². The summed E-state index contributed by atoms with van der Waals surface area (Å²) in [5.74, 6) is 1.22. The Balaban J connectivity index is 3.09. The number of hydrogen-bond acceptors (Lipinski definition) is 4. The monoisotopic (exact) mass is 253 g/mol. The summed E-state index contributed by atoms with van der Waals surface area (Å²) in [5, 5.41) is 21.4. The molecular weight excluding hydrogens is 230 g/mol. The quantitative estimate of drug-likeness (QED) is 0.724. The van der Waals surface area contributed by atoms with Crippen molar-refractivity contribution in [1.82, 2.24) is 0 Å². The highest BCUT2D eigenvalue weighted by Gasteiger charge is 2.13. The molecule has 0 aliphatic carbocycles. The zero-order chi connectivity index (χ0) is 13.7. The van der Waals surface area contributed by atoms with Gasteiger partial charge in [0.2, 0.25) is 0 Å². The van der Waals surface area contributed by atoms with Crippen molar-refractivity contribution in [3.63, 3.8) is 0 Å². The zero-order valence-corrected chi connectivity index (χ0v) is 11.5. The Bertz CT molecular complexity index is 387. The molecule has 0 heterocycles. The Morgan fingerprint density at radius 2 is 1.83 bits per heavy atom. The van der Waals surface area contributed by atoms with E-state index in [0.29, 0.717) is 5.92 Å². The third-order valence-corrected chi connectivity index (χ3v) is 3.00. The van der Waals surface area contributed by atoms with Crippen LogP contribution in [0.4, 0.5) is 5.69 Å². The van der Waals surface area contributed by atoms with Gasteiger partial charge in [-0.15, -0.1) is 0 Å². The fourth-order valence-electron chi connectivity index (χ4n) is 1.85. The van der Waals surface area contributed by atoms with Gasteiger partial charge < -0.3 is 20.3 Å². The molecule has 1 aromatic rings. The minimum absolute atomic E-state index is 0.0982. The van der Waals surface area contributed by atoms with E-state index in [1.807, 2.05) is 19.1 Å². The first-order valence-electron chi connectivity index (χ1n) is 6.20. The second-order valence-electron chi connectivity index (χ2n) is 4.77. The van der Waals surface area contributed by atoms with E-state index >= 15 is 0 Å². The van der Waals surface area contributed by atoms with Gasteiger partial charge in [-0.05, 0) is 36.1 Å². The van der Waals surface area contributed by atoms with E-state index in [4.69, 9.17) is 14.9 Å². The maximum Gasteiger partial charge on any atom is 0.122 e. The van der Waals surface area contributed by atoms with Crippen LogP contribution in [0, 0.1) is 6.92 Å². The van der Waals surface area contributed by atoms with Crippen LogP contribution in [-0.4, -0.2) is 36.6 Å². The number of nitrogens with one attached hydrogen (secondary N) is 1. The van der Waals surface area contributed by atoms with Crippen LogP contribution in [0.5, 0.6) is 5.75 Å². The molecule has 0 amide bonds. The summed E-state index contributed by atoms with van der Waals surface area (Å²) < 4.78 is 5.37. The van der Waals surface area contributed by atoms with Gasteiger partial charge in [-0.1, -0.05) is 13.8 Å². The summed E-state index contributed by atoms with van der Waals surface area (Å²) in [6.45, 7) is 5.98. The number of benzene rings is 1. The van der Waals surface area contributed by atoms with Crippen LogP contribution in [0.25, 0.3) is 0 Å². The zero-order valence-electron chi connectivity index (χ0n) is 11.5. The molecule has 1 rings (SSSR count). The van der Waals surface area contributed by atoms with E-state index in [1.165, 1.54) is 0 Å². The van der Waals surface area contributed by atoms with Crippen LogP contribution in [-0.2, 0) is 0 Å². The molecule has 4 nitrogen and oxygen atoms in total. The molecule has 0 radical (unpaired) electrons. The van der Waals surface area contributed by atoms with Crippen LogP contribution < -0.4 is 10.1 Å². The van der Waals surface area contributed by atoms with Crippen LogP contribution in [0.15, 0.2) is 12.1 Å². The second kappa shape index (κ2) is 6.61. The topological polar surface area (TPSA) is 61.7 Å². The lowest BCUT2D eigenvalue weighted by molar-refractivity contribution is 0.204. The number of rotatable bonds is 6. The lowest BCUT2D eigenvalue weighted by atomic mass is 9.99. The molecule has 102 valence electrons. The number of aryl methyl sites for hydroxylation is 1. The third kappa shape index (κ3) is 3.37. The average molecular weight is 253 g/mol. The van der Waals surface area contributed by atoms with Crippen molar-refractivity contribution in [3.8, 4) is 5.75 Å². The van der Waals surface area contributed by atoms with Gasteiger partial charge in [0.15, 0.2) is 0 Å². The van der Waals surface area contributed by atoms with Crippen molar-refractivity contribution in [2.24, 2.45) is 0 Å². The Kier molecular flexibility index (Phi) is 5.44. The van der Waals surface area contributed by atoms with E-state index in [9.17, 15) is 0 Å². The smallest absolute Gasteiger partial charge is 0.122 e. The molecule has 0 aliphatic rings. The van der Waals surface area contributed by atoms with Gasteiger partial charge >= 0.3 is 0 Å². The van der Waals surface area contributed by atoms with Crippen LogP contribution in [0.3, 0.4) is 0 Å². The molecule has 0 atom stereocenters. The van der Waals surface area contributed by atoms with E-state index in [1.54, 1.807) is 7.11 Å². The van der Waals surface area contributed by atoms with Crippen LogP contribution >= 0.6 is 0 Å². The normalized spacial score (nSPS) is 11.1. The molecular formula is C14H23NO3. The van der Waals surface area contributed by atoms with E-state index in [2.05, 4.69) is 19.2 Å². The highest BCUT2D eigenvalue weighted by molar-refractivity contribution is 5.58. The minimum atomic E-state index is -0.336. The average Bonchev–Trinajstić information content (AvgIpc) is 2.36. The van der Waals surface area contributed by atoms with E-state index < -0.39 is 0 Å². The van der Waals surface area contributed by atoms with E-state index in [0.717, 1.165) is 22.6 Å². The highest BCUT2D eigenvalue weighted by atomic mass is 16.5. The molecule has 0 aliphatic heterocycles. The first kappa shape index (κ1) is 14.8. The van der Waals surface area contributed by atoms with Crippen LogP contribution in [0.1, 0.15) is 30.9 Å². The van der Waals surface area contributed by atoms with Crippen molar-refractivity contribution in [1.29, 1.82) is 0 Å². The number of aliphatic hydroxyl groups excluding tert-OH is 2. The SMILES string of the molecule is COc1cc(C)c(NC(CO)CO)cc1C(C)C. The summed E-state index contributed by atoms with van der Waals surface area (Å²) in [6, 6.07) is 3.66. The van der Waals surface area contributed by atoms with Crippen molar-refractivity contribution >= 4 is 5.69 Å². The molecule has 0 bridgehead atoms. The predicted molar refractivity (Wildman–Crippen MR) is 73.4 cm³/mol. The first-order valence-corrected chi connectivity index (χ1v) is 6.20. The molecule has 0 fully saturated rings. The fourth-order valence-corrected chi connectivity index (χ4v) is 1.85. The molecule has 0 spiro atoms. The first-order chi connectivity index (χ1) is 8.53. The van der Waals surface area contributed by atoms with E-state index in [-0.39, 0.29) is 19.3 Å². The van der Waals surface area contributed by atoms with Gasteiger partial charge in [0.05, 0.1) is 26.4 Å². The molecule has 0 saturated heterocycles. The molecule has 4 heteroatoms. The van der Waals surface area contributed by atoms with Gasteiger partial charge in [0.25, 0.3) is 0 Å². The summed E-state index contributed by atoms with van der Waals surface area (Å²) in [4.78, 5) is 0. The molecule has 0 aromatic heterocycles. The third-order valence-electron chi connectivity index (χ3n) is 3.00. The standard InChI is InChI=1S/C14H23NO3/c1-9(2)12-6-13(15-11(7-16)8-17)10(3)5-14(12)18-4/h5-6,9,11,15-17H,7-8H2,1-4H3. The van der Waals surface area contributed by atoms with Gasteiger partial charge in [-0.25, -0.2) is 0 Å². The maximum absolute atomic E-state index is 9.11. The Morgan fingerprint density at radius 1 is 1.22 bits per heavy atom. The molecule has 18 heavy (non-hydrogen) atoms. The highest BCUT2D eigenvalue weighted by Crippen LogP contribution is 2.32. The number of methoxy groups -OCH3 is 1. The molecule has 3 N–H and O–H groups in total. The molecule has 0 saturated carbocycles.